The van der Waals surface area contributed by atoms with Crippen LogP contribution in [0.4, 0.5) is 0 Å². The fourth-order valence-corrected chi connectivity index (χ4v) is 6.38. The van der Waals surface area contributed by atoms with Crippen LogP contribution in [0.5, 0.6) is 0 Å². The second-order valence-corrected chi connectivity index (χ2v) is 10.6. The van der Waals surface area contributed by atoms with Gasteiger partial charge in [-0.2, -0.15) is 4.31 Å². The van der Waals surface area contributed by atoms with Gasteiger partial charge in [-0.05, 0) is 38.0 Å². The normalized spacial score (nSPS) is 15.2. The summed E-state index contributed by atoms with van der Waals surface area (Å²) < 4.78 is 37.6. The van der Waals surface area contributed by atoms with Crippen LogP contribution in [0, 0.1) is 6.92 Å². The first-order chi connectivity index (χ1) is 14.2. The Bertz CT molecular complexity index is 1020. The zero-order valence-electron chi connectivity index (χ0n) is 17.3. The molecule has 10 heteroatoms. The number of furan rings is 1. The predicted octanol–water partition coefficient (Wildman–Crippen LogP) is 2.81. The van der Waals surface area contributed by atoms with E-state index in [1.54, 1.807) is 32.2 Å². The number of thiophene rings is 1. The highest BCUT2D eigenvalue weighted by atomic mass is 32.2. The maximum absolute atomic E-state index is 12.8. The molecule has 164 valence electrons. The molecule has 0 unspecified atom stereocenters. The van der Waals surface area contributed by atoms with Gasteiger partial charge in [0.25, 0.3) is 10.0 Å². The summed E-state index contributed by atoms with van der Waals surface area (Å²) in [7, 11) is -0.558. The second-order valence-electron chi connectivity index (χ2n) is 7.29. The Labute approximate surface area is 180 Å². The largest absolute Gasteiger partial charge is 0.465 e. The van der Waals surface area contributed by atoms with Crippen LogP contribution in [0.15, 0.2) is 26.8 Å². The Morgan fingerprint density at radius 1 is 1.23 bits per heavy atom. The smallest absolute Gasteiger partial charge is 0.341 e. The van der Waals surface area contributed by atoms with Crippen LogP contribution in [0.3, 0.4) is 0 Å². The fraction of sp³-hybridized carbons (Fsp3) is 0.500. The summed E-state index contributed by atoms with van der Waals surface area (Å²) in [5, 5.41) is 0. The lowest BCUT2D eigenvalue weighted by Crippen LogP contribution is -2.35. The molecule has 0 aromatic carbocycles. The highest BCUT2D eigenvalue weighted by Crippen LogP contribution is 2.27. The first-order valence-corrected chi connectivity index (χ1v) is 12.0. The molecule has 1 aliphatic rings. The molecule has 0 saturated carbocycles. The minimum Gasteiger partial charge on any atom is -0.465 e. The first-order valence-electron chi connectivity index (χ1n) is 9.73. The van der Waals surface area contributed by atoms with Gasteiger partial charge in [-0.3, -0.25) is 4.79 Å². The highest BCUT2D eigenvalue weighted by Gasteiger charge is 2.28. The lowest BCUT2D eigenvalue weighted by Gasteiger charge is -2.25. The van der Waals surface area contributed by atoms with Crippen LogP contribution >= 0.6 is 11.3 Å². The number of rotatable bonds is 7. The van der Waals surface area contributed by atoms with Crippen molar-refractivity contribution in [2.75, 3.05) is 27.2 Å². The lowest BCUT2D eigenvalue weighted by molar-refractivity contribution is -0.129. The molecule has 2 aromatic rings. The van der Waals surface area contributed by atoms with Crippen molar-refractivity contribution in [3.05, 3.63) is 40.2 Å². The summed E-state index contributed by atoms with van der Waals surface area (Å²) in [6.07, 6.45) is 2.91. The van der Waals surface area contributed by atoms with E-state index < -0.39 is 16.0 Å². The number of esters is 1. The van der Waals surface area contributed by atoms with Crippen LogP contribution in [0.2, 0.25) is 0 Å². The van der Waals surface area contributed by atoms with Crippen molar-refractivity contribution in [3.8, 4) is 0 Å². The van der Waals surface area contributed by atoms with Gasteiger partial charge in [0.1, 0.15) is 21.3 Å². The molecule has 0 radical (unpaired) electrons. The molecular weight excluding hydrogens is 428 g/mol. The molecule has 0 bridgehead atoms. The van der Waals surface area contributed by atoms with E-state index in [0.717, 1.165) is 30.6 Å². The summed E-state index contributed by atoms with van der Waals surface area (Å²) >= 11 is 1.14. The molecule has 0 spiro atoms. The summed E-state index contributed by atoms with van der Waals surface area (Å²) in [5.41, 5.74) is 0.333. The molecule has 30 heavy (non-hydrogen) atoms. The Balaban J connectivity index is 1.63. The molecule has 1 fully saturated rings. The summed E-state index contributed by atoms with van der Waals surface area (Å²) in [5.74, 6) is 0.247. The fourth-order valence-electron chi connectivity index (χ4n) is 3.36. The SMILES string of the molecule is COC(=O)c1cc(CN(C)C(=O)Cc2ccc(S(=O)(=O)N3CCCCC3)s2)oc1C. The van der Waals surface area contributed by atoms with Crippen LogP contribution in [-0.2, 0) is 32.5 Å². The third kappa shape index (κ3) is 4.93. The maximum Gasteiger partial charge on any atom is 0.341 e. The summed E-state index contributed by atoms with van der Waals surface area (Å²) in [4.78, 5) is 26.5. The van der Waals surface area contributed by atoms with Gasteiger partial charge < -0.3 is 14.1 Å². The van der Waals surface area contributed by atoms with Gasteiger partial charge in [0.2, 0.25) is 5.91 Å². The van der Waals surface area contributed by atoms with Crippen molar-refractivity contribution in [1.29, 1.82) is 0 Å². The van der Waals surface area contributed by atoms with E-state index in [-0.39, 0.29) is 23.1 Å². The number of amides is 1. The standard InChI is InChI=1S/C20H26N2O6S2/c1-14-17(20(24)27-3)11-15(28-14)13-21(2)18(23)12-16-7-8-19(29-16)30(25,26)22-9-5-4-6-10-22/h7-8,11H,4-6,9-10,12-13H2,1-3H3. The molecule has 0 aliphatic carbocycles. The van der Waals surface area contributed by atoms with Crippen LogP contribution in [-0.4, -0.2) is 56.7 Å². The van der Waals surface area contributed by atoms with E-state index in [2.05, 4.69) is 0 Å². The number of aryl methyl sites for hydroxylation is 1. The predicted molar refractivity (Wildman–Crippen MR) is 112 cm³/mol. The molecule has 1 saturated heterocycles. The number of piperidine rings is 1. The zero-order valence-corrected chi connectivity index (χ0v) is 19.0. The number of hydrogen-bond donors (Lipinski definition) is 0. The van der Waals surface area contributed by atoms with Gasteiger partial charge in [0.05, 0.1) is 20.1 Å². The van der Waals surface area contributed by atoms with E-state index in [9.17, 15) is 18.0 Å². The van der Waals surface area contributed by atoms with E-state index in [1.165, 1.54) is 16.3 Å². The second kappa shape index (κ2) is 9.32. The molecule has 3 heterocycles. The van der Waals surface area contributed by atoms with Crippen molar-refractivity contribution in [1.82, 2.24) is 9.21 Å². The number of carbonyl (C=O) groups is 2. The summed E-state index contributed by atoms with van der Waals surface area (Å²) in [6.45, 7) is 2.95. The van der Waals surface area contributed by atoms with E-state index in [4.69, 9.17) is 9.15 Å². The molecule has 2 aromatic heterocycles. The molecule has 1 amide bonds. The van der Waals surface area contributed by atoms with E-state index in [0.29, 0.717) is 35.1 Å². The monoisotopic (exact) mass is 454 g/mol. The average molecular weight is 455 g/mol. The minimum absolute atomic E-state index is 0.0975. The number of sulfonamides is 1. The minimum atomic E-state index is -3.49. The summed E-state index contributed by atoms with van der Waals surface area (Å²) in [6, 6.07) is 4.84. The zero-order chi connectivity index (χ0) is 21.9. The lowest BCUT2D eigenvalue weighted by atomic mass is 10.2. The Hall–Kier alpha value is -2.17. The number of hydrogen-bond acceptors (Lipinski definition) is 7. The molecule has 1 aliphatic heterocycles. The number of nitrogens with zero attached hydrogens (tertiary/aromatic N) is 2. The number of methoxy groups -OCH3 is 1. The first kappa shape index (κ1) is 22.5. The third-order valence-corrected chi connectivity index (χ3v) is 8.52. The third-order valence-electron chi connectivity index (χ3n) is 5.06. The molecule has 0 atom stereocenters. The van der Waals surface area contributed by atoms with Crippen molar-refractivity contribution >= 4 is 33.2 Å². The van der Waals surface area contributed by atoms with Gasteiger partial charge >= 0.3 is 5.97 Å². The Kier molecular flexibility index (Phi) is 6.99. The number of likely N-dealkylation sites (N-methyl/N-ethyl adjacent to an activating group) is 1. The molecule has 0 N–H and O–H groups in total. The average Bonchev–Trinajstić information content (AvgIpc) is 3.35. The van der Waals surface area contributed by atoms with E-state index in [1.807, 2.05) is 0 Å². The molecular formula is C20H26N2O6S2. The van der Waals surface area contributed by atoms with Crippen LogP contribution in [0.1, 0.15) is 46.0 Å². The van der Waals surface area contributed by atoms with Crippen molar-refractivity contribution in [2.24, 2.45) is 0 Å². The van der Waals surface area contributed by atoms with Gasteiger partial charge in [0.15, 0.2) is 0 Å². The van der Waals surface area contributed by atoms with Crippen molar-refractivity contribution in [3.63, 3.8) is 0 Å². The number of ether oxygens (including phenoxy) is 1. The van der Waals surface area contributed by atoms with Gasteiger partial charge in [0, 0.05) is 25.0 Å². The Morgan fingerprint density at radius 2 is 1.93 bits per heavy atom. The highest BCUT2D eigenvalue weighted by molar-refractivity contribution is 7.91. The van der Waals surface area contributed by atoms with Gasteiger partial charge in [-0.25, -0.2) is 13.2 Å². The maximum atomic E-state index is 12.8. The van der Waals surface area contributed by atoms with Gasteiger partial charge in [-0.1, -0.05) is 6.42 Å². The Morgan fingerprint density at radius 3 is 2.60 bits per heavy atom. The van der Waals surface area contributed by atoms with Crippen LogP contribution in [0.25, 0.3) is 0 Å². The van der Waals surface area contributed by atoms with Crippen molar-refractivity contribution < 1.29 is 27.2 Å². The molecule has 3 rings (SSSR count). The quantitative estimate of drug-likeness (QED) is 0.597. The number of carbonyl (C=O) groups excluding carboxylic acids is 2. The topological polar surface area (TPSA) is 97.1 Å². The molecule has 8 nitrogen and oxygen atoms in total. The van der Waals surface area contributed by atoms with Crippen molar-refractivity contribution in [2.45, 2.75) is 43.4 Å². The van der Waals surface area contributed by atoms with E-state index >= 15 is 0 Å². The van der Waals surface area contributed by atoms with Crippen LogP contribution < -0.4 is 0 Å². The van der Waals surface area contributed by atoms with Gasteiger partial charge in [-0.15, -0.1) is 11.3 Å².